The summed E-state index contributed by atoms with van der Waals surface area (Å²) in [6.45, 7) is 11.7. The number of likely N-dealkylation sites (tertiary alicyclic amines) is 1. The first-order chi connectivity index (χ1) is 9.76. The Morgan fingerprint density at radius 1 is 1.52 bits per heavy atom. The molecule has 2 heterocycles. The SMILES string of the molecule is CC(C)c1nc(CN2CCC[C@@H]2C(=O)OC(C)(C)C)cs1. The van der Waals surface area contributed by atoms with Gasteiger partial charge in [0, 0.05) is 17.8 Å². The van der Waals surface area contributed by atoms with E-state index >= 15 is 0 Å². The molecular formula is C16H26N2O2S. The van der Waals surface area contributed by atoms with Crippen LogP contribution in [-0.4, -0.2) is 34.0 Å². The van der Waals surface area contributed by atoms with E-state index in [0.717, 1.165) is 36.6 Å². The lowest BCUT2D eigenvalue weighted by Crippen LogP contribution is -2.40. The molecule has 1 aliphatic heterocycles. The maximum absolute atomic E-state index is 12.3. The van der Waals surface area contributed by atoms with Crippen LogP contribution in [0.5, 0.6) is 0 Å². The number of carbonyl (C=O) groups is 1. The van der Waals surface area contributed by atoms with Crippen LogP contribution in [0.3, 0.4) is 0 Å². The zero-order valence-corrected chi connectivity index (χ0v) is 14.5. The van der Waals surface area contributed by atoms with E-state index in [0.29, 0.717) is 5.92 Å². The van der Waals surface area contributed by atoms with E-state index in [4.69, 9.17) is 4.74 Å². The molecule has 1 fully saturated rings. The molecule has 0 N–H and O–H groups in total. The first kappa shape index (κ1) is 16.4. The summed E-state index contributed by atoms with van der Waals surface area (Å²) in [5.41, 5.74) is 0.649. The van der Waals surface area contributed by atoms with Gasteiger partial charge in [-0.05, 0) is 40.2 Å². The smallest absolute Gasteiger partial charge is 0.323 e. The molecule has 4 nitrogen and oxygen atoms in total. The van der Waals surface area contributed by atoms with Gasteiger partial charge >= 0.3 is 5.97 Å². The Hall–Kier alpha value is -0.940. The number of ether oxygens (including phenoxy) is 1. The molecule has 5 heteroatoms. The molecule has 1 aliphatic rings. The predicted octanol–water partition coefficient (Wildman–Crippen LogP) is 3.57. The number of carbonyl (C=O) groups excluding carboxylic acids is 1. The van der Waals surface area contributed by atoms with Crippen molar-refractivity contribution < 1.29 is 9.53 Å². The van der Waals surface area contributed by atoms with Crippen molar-refractivity contribution in [2.24, 2.45) is 0 Å². The molecule has 0 radical (unpaired) electrons. The summed E-state index contributed by atoms with van der Waals surface area (Å²) in [7, 11) is 0. The molecule has 1 saturated heterocycles. The van der Waals surface area contributed by atoms with Gasteiger partial charge in [-0.15, -0.1) is 11.3 Å². The number of hydrogen-bond acceptors (Lipinski definition) is 5. The standard InChI is InChI=1S/C16H26N2O2S/c1-11(2)14-17-12(10-21-14)9-18-8-6-7-13(18)15(19)20-16(3,4)5/h10-11,13H,6-9H2,1-5H3/t13-/m1/s1. The molecule has 21 heavy (non-hydrogen) atoms. The van der Waals surface area contributed by atoms with Crippen molar-refractivity contribution in [2.75, 3.05) is 6.54 Å². The third-order valence-electron chi connectivity index (χ3n) is 3.47. The average molecular weight is 310 g/mol. The number of nitrogens with zero attached hydrogens (tertiary/aromatic N) is 2. The summed E-state index contributed by atoms with van der Waals surface area (Å²) in [5.74, 6) is 0.364. The van der Waals surface area contributed by atoms with E-state index in [9.17, 15) is 4.79 Å². The van der Waals surface area contributed by atoms with Crippen molar-refractivity contribution in [3.05, 3.63) is 16.1 Å². The lowest BCUT2D eigenvalue weighted by atomic mass is 10.1. The molecule has 0 amide bonds. The van der Waals surface area contributed by atoms with Crippen molar-refractivity contribution in [1.82, 2.24) is 9.88 Å². The van der Waals surface area contributed by atoms with Crippen LogP contribution in [0.4, 0.5) is 0 Å². The van der Waals surface area contributed by atoms with E-state index in [1.807, 2.05) is 20.8 Å². The topological polar surface area (TPSA) is 42.4 Å². The molecule has 0 aliphatic carbocycles. The van der Waals surface area contributed by atoms with Gasteiger partial charge in [-0.1, -0.05) is 13.8 Å². The summed E-state index contributed by atoms with van der Waals surface area (Å²) in [6, 6.07) is -0.117. The normalized spacial score (nSPS) is 20.2. The molecule has 0 aromatic carbocycles. The quantitative estimate of drug-likeness (QED) is 0.797. The number of hydrogen-bond donors (Lipinski definition) is 0. The number of esters is 1. The third kappa shape index (κ3) is 4.51. The second kappa shape index (κ2) is 6.44. The molecule has 0 unspecified atom stereocenters. The fourth-order valence-electron chi connectivity index (χ4n) is 2.52. The summed E-state index contributed by atoms with van der Waals surface area (Å²) in [5, 5.41) is 3.28. The average Bonchev–Trinajstić information content (AvgIpc) is 2.96. The fraction of sp³-hybridized carbons (Fsp3) is 0.750. The largest absolute Gasteiger partial charge is 0.459 e. The van der Waals surface area contributed by atoms with Gasteiger partial charge in [0.25, 0.3) is 0 Å². The zero-order valence-electron chi connectivity index (χ0n) is 13.7. The van der Waals surface area contributed by atoms with Crippen molar-refractivity contribution in [1.29, 1.82) is 0 Å². The van der Waals surface area contributed by atoms with E-state index in [1.165, 1.54) is 0 Å². The van der Waals surface area contributed by atoms with Crippen LogP contribution in [0.2, 0.25) is 0 Å². The Morgan fingerprint density at radius 2 is 2.24 bits per heavy atom. The van der Waals surface area contributed by atoms with Gasteiger partial charge in [-0.25, -0.2) is 4.98 Å². The Balaban J connectivity index is 1.99. The molecular weight excluding hydrogens is 284 g/mol. The molecule has 0 saturated carbocycles. The highest BCUT2D eigenvalue weighted by atomic mass is 32.1. The first-order valence-electron chi connectivity index (χ1n) is 7.67. The molecule has 0 bridgehead atoms. The summed E-state index contributed by atoms with van der Waals surface area (Å²) in [4.78, 5) is 19.2. The number of thiazole rings is 1. The van der Waals surface area contributed by atoms with Gasteiger partial charge in [0.1, 0.15) is 11.6 Å². The van der Waals surface area contributed by atoms with E-state index < -0.39 is 5.60 Å². The van der Waals surface area contributed by atoms with Crippen LogP contribution < -0.4 is 0 Å². The second-order valence-electron chi connectivity index (χ2n) is 6.99. The molecule has 118 valence electrons. The van der Waals surface area contributed by atoms with Gasteiger partial charge in [-0.3, -0.25) is 9.69 Å². The number of aromatic nitrogens is 1. The zero-order chi connectivity index (χ0) is 15.6. The summed E-state index contributed by atoms with van der Waals surface area (Å²) >= 11 is 1.71. The van der Waals surface area contributed by atoms with E-state index in [1.54, 1.807) is 11.3 Å². The van der Waals surface area contributed by atoms with Gasteiger partial charge in [-0.2, -0.15) is 0 Å². The minimum Gasteiger partial charge on any atom is -0.459 e. The van der Waals surface area contributed by atoms with Crippen molar-refractivity contribution in [3.8, 4) is 0 Å². The molecule has 1 aromatic rings. The van der Waals surface area contributed by atoms with Crippen LogP contribution >= 0.6 is 11.3 Å². The van der Waals surface area contributed by atoms with E-state index in [2.05, 4.69) is 29.1 Å². The Morgan fingerprint density at radius 3 is 2.81 bits per heavy atom. The monoisotopic (exact) mass is 310 g/mol. The highest BCUT2D eigenvalue weighted by Crippen LogP contribution is 2.25. The second-order valence-corrected chi connectivity index (χ2v) is 7.88. The first-order valence-corrected chi connectivity index (χ1v) is 8.55. The summed E-state index contributed by atoms with van der Waals surface area (Å²) < 4.78 is 5.53. The summed E-state index contributed by atoms with van der Waals surface area (Å²) in [6.07, 6.45) is 1.93. The highest BCUT2D eigenvalue weighted by molar-refractivity contribution is 7.09. The van der Waals surface area contributed by atoms with Gasteiger partial charge in [0.15, 0.2) is 0 Å². The molecule has 1 aromatic heterocycles. The Labute approximate surface area is 131 Å². The lowest BCUT2D eigenvalue weighted by Gasteiger charge is -2.26. The fourth-order valence-corrected chi connectivity index (χ4v) is 3.35. The maximum atomic E-state index is 12.3. The van der Waals surface area contributed by atoms with Crippen molar-refractivity contribution >= 4 is 17.3 Å². The van der Waals surface area contributed by atoms with Gasteiger partial charge < -0.3 is 4.74 Å². The van der Waals surface area contributed by atoms with Crippen molar-refractivity contribution in [2.45, 2.75) is 71.6 Å². The lowest BCUT2D eigenvalue weighted by molar-refractivity contribution is -0.160. The van der Waals surface area contributed by atoms with Crippen LogP contribution in [0.1, 0.15) is 64.1 Å². The van der Waals surface area contributed by atoms with Gasteiger partial charge in [0.2, 0.25) is 0 Å². The van der Waals surface area contributed by atoms with Crippen LogP contribution in [0.25, 0.3) is 0 Å². The molecule has 2 rings (SSSR count). The van der Waals surface area contributed by atoms with Crippen LogP contribution in [0.15, 0.2) is 5.38 Å². The van der Waals surface area contributed by atoms with Crippen LogP contribution in [-0.2, 0) is 16.1 Å². The third-order valence-corrected chi connectivity index (χ3v) is 4.67. The van der Waals surface area contributed by atoms with Crippen LogP contribution in [0, 0.1) is 0 Å². The van der Waals surface area contributed by atoms with Gasteiger partial charge in [0.05, 0.1) is 10.7 Å². The van der Waals surface area contributed by atoms with Crippen molar-refractivity contribution in [3.63, 3.8) is 0 Å². The predicted molar refractivity (Wildman–Crippen MR) is 85.5 cm³/mol. The maximum Gasteiger partial charge on any atom is 0.323 e. The van der Waals surface area contributed by atoms with E-state index in [-0.39, 0.29) is 12.0 Å². The molecule has 1 atom stereocenters. The number of rotatable bonds is 4. The minimum atomic E-state index is -0.420. The minimum absolute atomic E-state index is 0.0979. The molecule has 0 spiro atoms. The Bertz CT molecular complexity index is 491. The Kier molecular flexibility index (Phi) is 5.04. The highest BCUT2D eigenvalue weighted by Gasteiger charge is 2.34.